The Morgan fingerprint density at radius 3 is 2.56 bits per heavy atom. The molecule has 1 aliphatic carbocycles. The van der Waals surface area contributed by atoms with Crippen LogP contribution < -0.4 is 15.4 Å². The van der Waals surface area contributed by atoms with Crippen molar-refractivity contribution in [3.63, 3.8) is 0 Å². The average Bonchev–Trinajstić information content (AvgIpc) is 2.66. The van der Waals surface area contributed by atoms with Gasteiger partial charge in [0, 0.05) is 6.04 Å². The fourth-order valence-corrected chi connectivity index (χ4v) is 2.95. The Hall–Kier alpha value is -2.83. The normalized spacial score (nSPS) is 18.9. The zero-order chi connectivity index (χ0) is 19.6. The van der Waals surface area contributed by atoms with Crippen LogP contribution in [-0.2, 0) is 9.53 Å². The first-order valence-corrected chi connectivity index (χ1v) is 9.11. The van der Waals surface area contributed by atoms with Crippen molar-refractivity contribution in [3.8, 4) is 5.75 Å². The van der Waals surface area contributed by atoms with E-state index in [9.17, 15) is 14.4 Å². The molecular formula is C20H26N2O5. The summed E-state index contributed by atoms with van der Waals surface area (Å²) in [5.74, 6) is -0.342. The van der Waals surface area contributed by atoms with Gasteiger partial charge in [0.2, 0.25) is 0 Å². The molecule has 7 nitrogen and oxygen atoms in total. The SMILES string of the molecule is C=CCOc1ccc(C(=O)OCC(=O)NC(=O)NC2CCCCC2C)cc1. The van der Waals surface area contributed by atoms with E-state index in [0.717, 1.165) is 25.7 Å². The molecule has 0 radical (unpaired) electrons. The summed E-state index contributed by atoms with van der Waals surface area (Å²) in [5, 5.41) is 5.00. The lowest BCUT2D eigenvalue weighted by Crippen LogP contribution is -2.48. The van der Waals surface area contributed by atoms with Gasteiger partial charge in [0.05, 0.1) is 5.56 Å². The molecule has 146 valence electrons. The summed E-state index contributed by atoms with van der Waals surface area (Å²) < 4.78 is 10.3. The van der Waals surface area contributed by atoms with E-state index < -0.39 is 24.5 Å². The highest BCUT2D eigenvalue weighted by atomic mass is 16.5. The second-order valence-corrected chi connectivity index (χ2v) is 6.59. The molecule has 1 aromatic rings. The number of nitrogens with one attached hydrogen (secondary N) is 2. The van der Waals surface area contributed by atoms with Crippen molar-refractivity contribution in [2.24, 2.45) is 5.92 Å². The highest BCUT2D eigenvalue weighted by Crippen LogP contribution is 2.23. The van der Waals surface area contributed by atoms with Gasteiger partial charge in [-0.3, -0.25) is 10.1 Å². The second kappa shape index (κ2) is 10.4. The predicted octanol–water partition coefficient (Wildman–Crippen LogP) is 2.81. The minimum Gasteiger partial charge on any atom is -0.490 e. The van der Waals surface area contributed by atoms with E-state index in [2.05, 4.69) is 24.1 Å². The van der Waals surface area contributed by atoms with Gasteiger partial charge in [-0.1, -0.05) is 32.4 Å². The van der Waals surface area contributed by atoms with E-state index in [0.29, 0.717) is 18.3 Å². The maximum absolute atomic E-state index is 12.0. The summed E-state index contributed by atoms with van der Waals surface area (Å²) >= 11 is 0. The highest BCUT2D eigenvalue weighted by Gasteiger charge is 2.23. The van der Waals surface area contributed by atoms with Gasteiger partial charge in [0.1, 0.15) is 12.4 Å². The van der Waals surface area contributed by atoms with Crippen molar-refractivity contribution in [1.29, 1.82) is 0 Å². The molecule has 0 bridgehead atoms. The minimum atomic E-state index is -0.671. The molecule has 1 saturated carbocycles. The predicted molar refractivity (Wildman–Crippen MR) is 101 cm³/mol. The zero-order valence-electron chi connectivity index (χ0n) is 15.5. The van der Waals surface area contributed by atoms with Crippen molar-refractivity contribution in [2.45, 2.75) is 38.6 Å². The summed E-state index contributed by atoms with van der Waals surface area (Å²) in [7, 11) is 0. The van der Waals surface area contributed by atoms with E-state index >= 15 is 0 Å². The van der Waals surface area contributed by atoms with Crippen LogP contribution in [0.1, 0.15) is 43.0 Å². The zero-order valence-corrected chi connectivity index (χ0v) is 15.5. The topological polar surface area (TPSA) is 93.7 Å². The van der Waals surface area contributed by atoms with Crippen LogP contribution in [0.15, 0.2) is 36.9 Å². The van der Waals surface area contributed by atoms with Crippen LogP contribution in [0.25, 0.3) is 0 Å². The third kappa shape index (κ3) is 6.77. The fraction of sp³-hybridized carbons (Fsp3) is 0.450. The molecule has 2 N–H and O–H groups in total. The van der Waals surface area contributed by atoms with Crippen molar-refractivity contribution in [1.82, 2.24) is 10.6 Å². The average molecular weight is 374 g/mol. The van der Waals surface area contributed by atoms with Crippen LogP contribution in [0.5, 0.6) is 5.75 Å². The molecule has 3 amide bonds. The molecule has 0 aliphatic heterocycles. The number of ether oxygens (including phenoxy) is 2. The van der Waals surface area contributed by atoms with Gasteiger partial charge in [-0.15, -0.1) is 0 Å². The number of carbonyl (C=O) groups excluding carboxylic acids is 3. The van der Waals surface area contributed by atoms with E-state index in [1.807, 2.05) is 0 Å². The van der Waals surface area contributed by atoms with Crippen molar-refractivity contribution < 1.29 is 23.9 Å². The van der Waals surface area contributed by atoms with Gasteiger partial charge < -0.3 is 14.8 Å². The molecular weight excluding hydrogens is 348 g/mol. The number of hydrogen-bond donors (Lipinski definition) is 2. The maximum Gasteiger partial charge on any atom is 0.338 e. The molecule has 0 heterocycles. The van der Waals surface area contributed by atoms with Gasteiger partial charge in [-0.2, -0.15) is 0 Å². The molecule has 0 aromatic heterocycles. The molecule has 1 aliphatic rings. The molecule has 1 aromatic carbocycles. The summed E-state index contributed by atoms with van der Waals surface area (Å²) in [6.45, 7) is 5.48. The number of hydrogen-bond acceptors (Lipinski definition) is 5. The number of amides is 3. The molecule has 27 heavy (non-hydrogen) atoms. The van der Waals surface area contributed by atoms with Gasteiger partial charge in [-0.25, -0.2) is 9.59 Å². The van der Waals surface area contributed by atoms with E-state index in [1.54, 1.807) is 18.2 Å². The first kappa shape index (κ1) is 20.5. The lowest BCUT2D eigenvalue weighted by Gasteiger charge is -2.29. The Morgan fingerprint density at radius 2 is 1.89 bits per heavy atom. The van der Waals surface area contributed by atoms with Crippen LogP contribution in [0.4, 0.5) is 4.79 Å². The smallest absolute Gasteiger partial charge is 0.338 e. The summed E-state index contributed by atoms with van der Waals surface area (Å²) in [5.41, 5.74) is 0.286. The molecule has 2 rings (SSSR count). The maximum atomic E-state index is 12.0. The Bertz CT molecular complexity index is 671. The Morgan fingerprint density at radius 1 is 1.19 bits per heavy atom. The van der Waals surface area contributed by atoms with Crippen LogP contribution in [0.3, 0.4) is 0 Å². The van der Waals surface area contributed by atoms with Crippen LogP contribution in [0.2, 0.25) is 0 Å². The Kier molecular flexibility index (Phi) is 7.85. The quantitative estimate of drug-likeness (QED) is 0.565. The lowest BCUT2D eigenvalue weighted by atomic mass is 9.86. The molecule has 2 unspecified atom stereocenters. The number of esters is 1. The van der Waals surface area contributed by atoms with Crippen molar-refractivity contribution in [2.75, 3.05) is 13.2 Å². The van der Waals surface area contributed by atoms with E-state index in [4.69, 9.17) is 9.47 Å². The monoisotopic (exact) mass is 374 g/mol. The lowest BCUT2D eigenvalue weighted by molar-refractivity contribution is -0.123. The van der Waals surface area contributed by atoms with E-state index in [1.165, 1.54) is 12.1 Å². The Balaban J connectivity index is 1.73. The number of urea groups is 1. The van der Waals surface area contributed by atoms with Crippen molar-refractivity contribution in [3.05, 3.63) is 42.5 Å². The summed E-state index contributed by atoms with van der Waals surface area (Å²) in [4.78, 5) is 35.7. The number of rotatable bonds is 7. The van der Waals surface area contributed by atoms with Gasteiger partial charge in [-0.05, 0) is 43.0 Å². The van der Waals surface area contributed by atoms with Crippen LogP contribution in [0, 0.1) is 5.92 Å². The van der Waals surface area contributed by atoms with Crippen LogP contribution >= 0.6 is 0 Å². The molecule has 2 atom stereocenters. The van der Waals surface area contributed by atoms with Gasteiger partial charge >= 0.3 is 12.0 Å². The third-order valence-corrected chi connectivity index (χ3v) is 4.47. The second-order valence-electron chi connectivity index (χ2n) is 6.59. The minimum absolute atomic E-state index is 0.0657. The molecule has 0 saturated heterocycles. The van der Waals surface area contributed by atoms with Gasteiger partial charge in [0.25, 0.3) is 5.91 Å². The third-order valence-electron chi connectivity index (χ3n) is 4.47. The highest BCUT2D eigenvalue weighted by molar-refractivity contribution is 5.97. The fourth-order valence-electron chi connectivity index (χ4n) is 2.95. The first-order valence-electron chi connectivity index (χ1n) is 9.11. The van der Waals surface area contributed by atoms with E-state index in [-0.39, 0.29) is 11.6 Å². The molecule has 0 spiro atoms. The van der Waals surface area contributed by atoms with Gasteiger partial charge in [0.15, 0.2) is 6.61 Å². The molecule has 7 heteroatoms. The largest absolute Gasteiger partial charge is 0.490 e. The standard InChI is InChI=1S/C20H26N2O5/c1-3-12-26-16-10-8-15(9-11-16)19(24)27-13-18(23)22-20(25)21-17-7-5-4-6-14(17)2/h3,8-11,14,17H,1,4-7,12-13H2,2H3,(H2,21,22,23,25). The summed E-state index contributed by atoms with van der Waals surface area (Å²) in [6, 6.07) is 5.83. The number of carbonyl (C=O) groups is 3. The molecule has 1 fully saturated rings. The van der Waals surface area contributed by atoms with Crippen LogP contribution in [-0.4, -0.2) is 37.2 Å². The van der Waals surface area contributed by atoms with Crippen molar-refractivity contribution >= 4 is 17.9 Å². The first-order chi connectivity index (χ1) is 13.0. The number of imide groups is 1. The Labute approximate surface area is 159 Å². The summed E-state index contributed by atoms with van der Waals surface area (Å²) in [6.07, 6.45) is 5.82. The number of benzene rings is 1.